The summed E-state index contributed by atoms with van der Waals surface area (Å²) in [6, 6.07) is 1.96. The van der Waals surface area contributed by atoms with Crippen LogP contribution in [0.4, 0.5) is 4.79 Å². The third kappa shape index (κ3) is 4.66. The topological polar surface area (TPSA) is 51.9 Å². The molecule has 1 aliphatic rings. The summed E-state index contributed by atoms with van der Waals surface area (Å²) in [5, 5.41) is 0. The van der Waals surface area contributed by atoms with Crippen LogP contribution in [-0.2, 0) is 15.6 Å². The Balaban J connectivity index is 2.08. The normalized spacial score (nSPS) is 18.8. The zero-order valence-corrected chi connectivity index (χ0v) is 14.8. The lowest BCUT2D eigenvalue weighted by molar-refractivity contribution is 0.105. The average molecular weight is 323 g/mol. The molecule has 0 spiro atoms. The maximum Gasteiger partial charge on any atom is 0.409 e. The number of aryl methyl sites for hydroxylation is 1. The molecule has 0 aliphatic carbocycles. The first-order valence-corrected chi connectivity index (χ1v) is 11.1. The van der Waals surface area contributed by atoms with Crippen LogP contribution in [-0.4, -0.2) is 39.0 Å². The van der Waals surface area contributed by atoms with Gasteiger partial charge >= 0.3 is 6.09 Å². The molecular formula is C16H25NO4Si. The number of ether oxygens (including phenoxy) is 1. The van der Waals surface area contributed by atoms with E-state index in [1.165, 1.54) is 7.11 Å². The zero-order chi connectivity index (χ0) is 16.2. The second kappa shape index (κ2) is 7.04. The molecule has 0 radical (unpaired) electrons. The summed E-state index contributed by atoms with van der Waals surface area (Å²) in [6.45, 7) is 7.14. The fraction of sp³-hybridized carbons (Fsp3) is 0.562. The third-order valence-corrected chi connectivity index (χ3v) is 4.41. The van der Waals surface area contributed by atoms with E-state index < -0.39 is 8.32 Å². The second-order valence-electron chi connectivity index (χ2n) is 6.50. The molecule has 5 nitrogen and oxygen atoms in total. The standard InChI is InChI=1S/C16H25NO4Si/c1-19-16(18)17-9-7-15(21-22(2,3)4)11-14(17)6-5-13-8-10-20-12-13/h8,10-12,14H,5-7,9H2,1-4H3. The first-order valence-electron chi connectivity index (χ1n) is 7.64. The summed E-state index contributed by atoms with van der Waals surface area (Å²) >= 11 is 0. The predicted octanol–water partition coefficient (Wildman–Crippen LogP) is 3.79. The first kappa shape index (κ1) is 16.7. The van der Waals surface area contributed by atoms with Crippen molar-refractivity contribution in [1.82, 2.24) is 4.90 Å². The van der Waals surface area contributed by atoms with Crippen molar-refractivity contribution in [3.8, 4) is 0 Å². The molecule has 0 bridgehead atoms. The summed E-state index contributed by atoms with van der Waals surface area (Å²) < 4.78 is 16.1. The van der Waals surface area contributed by atoms with Crippen LogP contribution in [0.25, 0.3) is 0 Å². The number of rotatable bonds is 5. The molecule has 0 saturated carbocycles. The maximum atomic E-state index is 12.0. The molecule has 1 aromatic rings. The van der Waals surface area contributed by atoms with E-state index in [1.54, 1.807) is 17.4 Å². The van der Waals surface area contributed by atoms with Crippen LogP contribution in [0.3, 0.4) is 0 Å². The molecule has 0 N–H and O–H groups in total. The number of hydrogen-bond donors (Lipinski definition) is 0. The summed E-state index contributed by atoms with van der Waals surface area (Å²) in [5.74, 6) is 1.01. The Hall–Kier alpha value is -1.69. The van der Waals surface area contributed by atoms with E-state index in [-0.39, 0.29) is 12.1 Å². The monoisotopic (exact) mass is 323 g/mol. The lowest BCUT2D eigenvalue weighted by Gasteiger charge is -2.35. The van der Waals surface area contributed by atoms with E-state index in [0.29, 0.717) is 6.54 Å². The van der Waals surface area contributed by atoms with E-state index in [1.807, 2.05) is 6.07 Å². The van der Waals surface area contributed by atoms with Gasteiger partial charge in [-0.3, -0.25) is 0 Å². The summed E-state index contributed by atoms with van der Waals surface area (Å²) in [7, 11) is -0.202. The highest BCUT2D eigenvalue weighted by Gasteiger charge is 2.29. The molecule has 0 saturated heterocycles. The van der Waals surface area contributed by atoms with Crippen LogP contribution in [0.1, 0.15) is 18.4 Å². The fourth-order valence-electron chi connectivity index (χ4n) is 2.60. The minimum Gasteiger partial charge on any atom is -0.547 e. The van der Waals surface area contributed by atoms with E-state index in [4.69, 9.17) is 13.6 Å². The molecule has 2 rings (SSSR count). The highest BCUT2D eigenvalue weighted by molar-refractivity contribution is 6.70. The average Bonchev–Trinajstić information content (AvgIpc) is 2.96. The second-order valence-corrected chi connectivity index (χ2v) is 10.9. The molecule has 0 aromatic carbocycles. The third-order valence-electron chi connectivity index (χ3n) is 3.53. The molecule has 1 amide bonds. The molecule has 6 heteroatoms. The number of carbonyl (C=O) groups is 1. The van der Waals surface area contributed by atoms with Crippen molar-refractivity contribution in [2.24, 2.45) is 0 Å². The molecule has 1 unspecified atom stereocenters. The van der Waals surface area contributed by atoms with Gasteiger partial charge in [0.2, 0.25) is 8.32 Å². The number of carbonyl (C=O) groups excluding carboxylic acids is 1. The molecule has 1 atom stereocenters. The van der Waals surface area contributed by atoms with Crippen LogP contribution in [0.5, 0.6) is 0 Å². The maximum absolute atomic E-state index is 12.0. The minimum absolute atomic E-state index is 0.00227. The van der Waals surface area contributed by atoms with Gasteiger partial charge in [-0.15, -0.1) is 0 Å². The van der Waals surface area contributed by atoms with Gasteiger partial charge in [-0.25, -0.2) is 4.79 Å². The Labute approximate surface area is 133 Å². The molecule has 122 valence electrons. The molecule has 22 heavy (non-hydrogen) atoms. The minimum atomic E-state index is -1.63. The van der Waals surface area contributed by atoms with E-state index in [0.717, 1.165) is 30.6 Å². The highest BCUT2D eigenvalue weighted by Crippen LogP contribution is 2.24. The van der Waals surface area contributed by atoms with Crippen LogP contribution in [0.2, 0.25) is 19.6 Å². The van der Waals surface area contributed by atoms with Gasteiger partial charge in [-0.1, -0.05) is 0 Å². The number of furan rings is 1. The van der Waals surface area contributed by atoms with Gasteiger partial charge in [0, 0.05) is 13.0 Å². The van der Waals surface area contributed by atoms with Crippen molar-refractivity contribution in [2.75, 3.05) is 13.7 Å². The fourth-order valence-corrected chi connectivity index (χ4v) is 3.55. The first-order chi connectivity index (χ1) is 10.4. The molecule has 1 aliphatic heterocycles. The van der Waals surface area contributed by atoms with Gasteiger partial charge in [-0.2, -0.15) is 0 Å². The van der Waals surface area contributed by atoms with Crippen molar-refractivity contribution in [3.05, 3.63) is 36.0 Å². The van der Waals surface area contributed by atoms with Crippen LogP contribution >= 0.6 is 0 Å². The number of hydrogen-bond acceptors (Lipinski definition) is 4. The predicted molar refractivity (Wildman–Crippen MR) is 87.1 cm³/mol. The van der Waals surface area contributed by atoms with Gasteiger partial charge in [0.15, 0.2) is 0 Å². The lowest BCUT2D eigenvalue weighted by atomic mass is 10.0. The largest absolute Gasteiger partial charge is 0.547 e. The van der Waals surface area contributed by atoms with Crippen molar-refractivity contribution in [1.29, 1.82) is 0 Å². The van der Waals surface area contributed by atoms with Crippen molar-refractivity contribution < 1.29 is 18.4 Å². The van der Waals surface area contributed by atoms with Crippen molar-refractivity contribution >= 4 is 14.4 Å². The molecular weight excluding hydrogens is 298 g/mol. The highest BCUT2D eigenvalue weighted by atomic mass is 28.4. The van der Waals surface area contributed by atoms with Gasteiger partial charge in [-0.05, 0) is 50.2 Å². The SMILES string of the molecule is COC(=O)N1CCC(O[Si](C)(C)C)=CC1CCc1ccoc1. The van der Waals surface area contributed by atoms with Gasteiger partial charge < -0.3 is 18.5 Å². The van der Waals surface area contributed by atoms with Crippen LogP contribution in [0.15, 0.2) is 34.8 Å². The quantitative estimate of drug-likeness (QED) is 0.774. The Morgan fingerprint density at radius 2 is 2.23 bits per heavy atom. The summed E-state index contributed by atoms with van der Waals surface area (Å²) in [5.41, 5.74) is 1.14. The summed E-state index contributed by atoms with van der Waals surface area (Å²) in [6.07, 6.45) is 7.65. The van der Waals surface area contributed by atoms with Gasteiger partial charge in [0.1, 0.15) is 0 Å². The van der Waals surface area contributed by atoms with E-state index >= 15 is 0 Å². The van der Waals surface area contributed by atoms with Crippen molar-refractivity contribution in [2.45, 2.75) is 44.9 Å². The number of amides is 1. The Kier molecular flexibility index (Phi) is 5.34. The number of nitrogens with zero attached hydrogens (tertiary/aromatic N) is 1. The Morgan fingerprint density at radius 1 is 1.45 bits per heavy atom. The smallest absolute Gasteiger partial charge is 0.409 e. The zero-order valence-electron chi connectivity index (χ0n) is 13.8. The molecule has 1 aromatic heterocycles. The molecule has 0 fully saturated rings. The van der Waals surface area contributed by atoms with Crippen molar-refractivity contribution in [3.63, 3.8) is 0 Å². The number of methoxy groups -OCH3 is 1. The Bertz CT molecular complexity index is 519. The van der Waals surface area contributed by atoms with Crippen LogP contribution in [0, 0.1) is 0 Å². The Morgan fingerprint density at radius 3 is 2.82 bits per heavy atom. The van der Waals surface area contributed by atoms with Gasteiger partial charge in [0.05, 0.1) is 31.4 Å². The lowest BCUT2D eigenvalue weighted by Crippen LogP contribution is -2.43. The van der Waals surface area contributed by atoms with Crippen LogP contribution < -0.4 is 0 Å². The summed E-state index contributed by atoms with van der Waals surface area (Å²) in [4.78, 5) is 13.7. The van der Waals surface area contributed by atoms with E-state index in [9.17, 15) is 4.79 Å². The van der Waals surface area contributed by atoms with Gasteiger partial charge in [0.25, 0.3) is 0 Å². The van der Waals surface area contributed by atoms with E-state index in [2.05, 4.69) is 25.7 Å². The molecule has 2 heterocycles.